The molecule has 5 rings (SSSR count). The third kappa shape index (κ3) is 3.76. The second-order valence-electron chi connectivity index (χ2n) is 8.09. The number of hydrogen-bond acceptors (Lipinski definition) is 7. The minimum Gasteiger partial charge on any atom is -0.497 e. The molecule has 0 N–H and O–H groups in total. The fourth-order valence-electron chi connectivity index (χ4n) is 4.31. The van der Waals surface area contributed by atoms with E-state index >= 15 is 0 Å². The Kier molecular flexibility index (Phi) is 6.50. The minimum atomic E-state index is -0.260. The number of amides is 1. The zero-order valence-electron chi connectivity index (χ0n) is 20.1. The van der Waals surface area contributed by atoms with E-state index in [9.17, 15) is 9.59 Å². The molecule has 1 aromatic heterocycles. The highest BCUT2D eigenvalue weighted by Gasteiger charge is 2.39. The van der Waals surface area contributed by atoms with E-state index < -0.39 is 0 Å². The second kappa shape index (κ2) is 9.61. The van der Waals surface area contributed by atoms with Crippen molar-refractivity contribution in [2.45, 2.75) is 18.4 Å². The van der Waals surface area contributed by atoms with Crippen LogP contribution < -0.4 is 29.3 Å². The van der Waals surface area contributed by atoms with Crippen molar-refractivity contribution in [1.82, 2.24) is 9.47 Å². The smallest absolute Gasteiger partial charge is 0.284 e. The van der Waals surface area contributed by atoms with Crippen LogP contribution in [0.2, 0.25) is 0 Å². The summed E-state index contributed by atoms with van der Waals surface area (Å²) in [6, 6.07) is 15.2. The first-order chi connectivity index (χ1) is 17.4. The molecule has 36 heavy (non-hydrogen) atoms. The number of allylic oxidation sites excluding steroid dienone is 1. The summed E-state index contributed by atoms with van der Waals surface area (Å²) in [5.41, 5.74) is 1.91. The van der Waals surface area contributed by atoms with E-state index in [0.29, 0.717) is 32.2 Å². The van der Waals surface area contributed by atoms with Crippen molar-refractivity contribution in [3.05, 3.63) is 80.7 Å². The summed E-state index contributed by atoms with van der Waals surface area (Å²) in [4.78, 5) is 33.8. The first kappa shape index (κ1) is 24.4. The van der Waals surface area contributed by atoms with Crippen molar-refractivity contribution in [3.8, 4) is 5.75 Å². The molecule has 184 valence electrons. The first-order valence-corrected chi connectivity index (χ1v) is 13.3. The van der Waals surface area contributed by atoms with Gasteiger partial charge in [-0.1, -0.05) is 36.0 Å². The Balaban J connectivity index is 1.76. The first-order valence-electron chi connectivity index (χ1n) is 11.3. The topological polar surface area (TPSA) is 58.0 Å². The molecule has 2 aromatic carbocycles. The maximum absolute atomic E-state index is 13.8. The van der Waals surface area contributed by atoms with Crippen molar-refractivity contribution in [3.63, 3.8) is 0 Å². The highest BCUT2D eigenvalue weighted by Crippen LogP contribution is 2.47. The molecule has 1 saturated heterocycles. The molecule has 1 amide bonds. The molecule has 0 spiro atoms. The van der Waals surface area contributed by atoms with Crippen molar-refractivity contribution in [1.29, 1.82) is 0 Å². The molecule has 0 atom stereocenters. The van der Waals surface area contributed by atoms with E-state index in [1.165, 1.54) is 16.2 Å². The van der Waals surface area contributed by atoms with Crippen LogP contribution in [0.25, 0.3) is 10.7 Å². The number of thioether (sulfide) groups is 1. The third-order valence-corrected chi connectivity index (χ3v) is 9.00. The van der Waals surface area contributed by atoms with Crippen LogP contribution in [-0.4, -0.2) is 41.2 Å². The van der Waals surface area contributed by atoms with Crippen LogP contribution in [0.5, 0.6) is 5.75 Å². The lowest BCUT2D eigenvalue weighted by Gasteiger charge is -2.17. The number of hydrogen-bond donors (Lipinski definition) is 0. The fraction of sp³-hybridized carbons (Fsp3) is 0.192. The van der Waals surface area contributed by atoms with E-state index in [1.54, 1.807) is 41.5 Å². The van der Waals surface area contributed by atoms with Gasteiger partial charge < -0.3 is 14.5 Å². The van der Waals surface area contributed by atoms with Gasteiger partial charge in [0.2, 0.25) is 0 Å². The number of thiocarbonyl (C=S) groups is 1. The molecule has 1 fully saturated rings. The molecular formula is C26H24N4O3S3. The summed E-state index contributed by atoms with van der Waals surface area (Å²) >= 11 is 8.51. The molecule has 2 aliphatic heterocycles. The number of anilines is 2. The summed E-state index contributed by atoms with van der Waals surface area (Å²) in [7, 11) is 3.40. The van der Waals surface area contributed by atoms with Crippen molar-refractivity contribution >= 4 is 68.4 Å². The number of thiazole rings is 1. The molecule has 10 heteroatoms. The largest absolute Gasteiger partial charge is 0.497 e. The number of benzene rings is 2. The van der Waals surface area contributed by atoms with Gasteiger partial charge in [0.15, 0.2) is 5.11 Å². The Labute approximate surface area is 222 Å². The summed E-state index contributed by atoms with van der Waals surface area (Å²) in [5.74, 6) is 0.497. The lowest BCUT2D eigenvalue weighted by Crippen LogP contribution is -2.36. The van der Waals surface area contributed by atoms with Gasteiger partial charge in [-0.2, -0.15) is 0 Å². The number of ether oxygens (including phenoxy) is 1. The highest BCUT2D eigenvalue weighted by molar-refractivity contribution is 8.08. The number of para-hydroxylation sites is 1. The monoisotopic (exact) mass is 536 g/mol. The lowest BCUT2D eigenvalue weighted by atomic mass is 10.2. The van der Waals surface area contributed by atoms with Crippen LogP contribution in [0.3, 0.4) is 0 Å². The Morgan fingerprint density at radius 1 is 1.14 bits per heavy atom. The normalized spacial score (nSPS) is 18.2. The van der Waals surface area contributed by atoms with Gasteiger partial charge in [-0.3, -0.25) is 19.1 Å². The van der Waals surface area contributed by atoms with Crippen LogP contribution >= 0.6 is 35.3 Å². The van der Waals surface area contributed by atoms with Crippen molar-refractivity contribution in [2.24, 2.45) is 0 Å². The molecular weight excluding hydrogens is 513 g/mol. The highest BCUT2D eigenvalue weighted by atomic mass is 32.2. The Hall–Kier alpha value is -3.34. The number of likely N-dealkylation sites (N-methyl/N-ethyl adjacent to an activating group) is 1. The van der Waals surface area contributed by atoms with Gasteiger partial charge in [0, 0.05) is 31.1 Å². The van der Waals surface area contributed by atoms with Crippen molar-refractivity contribution < 1.29 is 9.53 Å². The number of aromatic nitrogens is 1. The van der Waals surface area contributed by atoms with Crippen LogP contribution in [-0.2, 0) is 11.3 Å². The molecule has 3 heterocycles. The zero-order valence-corrected chi connectivity index (χ0v) is 22.5. The van der Waals surface area contributed by atoms with Gasteiger partial charge in [0.05, 0.1) is 18.5 Å². The molecule has 7 nitrogen and oxygen atoms in total. The minimum absolute atomic E-state index is 0.159. The number of carbonyl (C=O) groups excluding carboxylic acids is 1. The average molecular weight is 537 g/mol. The third-order valence-electron chi connectivity index (χ3n) is 6.05. The predicted molar refractivity (Wildman–Crippen MR) is 151 cm³/mol. The Bertz CT molecular complexity index is 1580. The summed E-state index contributed by atoms with van der Waals surface area (Å²) in [5, 5.41) is 1.21. The van der Waals surface area contributed by atoms with E-state index in [1.807, 2.05) is 55.5 Å². The van der Waals surface area contributed by atoms with E-state index in [-0.39, 0.29) is 18.0 Å². The zero-order chi connectivity index (χ0) is 25.6. The van der Waals surface area contributed by atoms with Gasteiger partial charge in [0.25, 0.3) is 11.5 Å². The van der Waals surface area contributed by atoms with Gasteiger partial charge in [-0.15, -0.1) is 17.9 Å². The van der Waals surface area contributed by atoms with E-state index in [2.05, 4.69) is 11.5 Å². The van der Waals surface area contributed by atoms with Gasteiger partial charge in [0.1, 0.15) is 25.7 Å². The molecule has 0 unspecified atom stereocenters. The molecule has 0 saturated carbocycles. The second-order valence-corrected chi connectivity index (χ2v) is 10.5. The molecule has 2 aliphatic rings. The van der Waals surface area contributed by atoms with Gasteiger partial charge in [-0.05, 0) is 43.4 Å². The van der Waals surface area contributed by atoms with E-state index in [0.717, 1.165) is 21.4 Å². The van der Waals surface area contributed by atoms with Crippen LogP contribution in [0.1, 0.15) is 6.92 Å². The lowest BCUT2D eigenvalue weighted by molar-refractivity contribution is -0.112. The van der Waals surface area contributed by atoms with Crippen molar-refractivity contribution in [2.75, 3.05) is 30.5 Å². The van der Waals surface area contributed by atoms with Gasteiger partial charge >= 0.3 is 0 Å². The van der Waals surface area contributed by atoms with E-state index in [4.69, 9.17) is 17.0 Å². The van der Waals surface area contributed by atoms with Gasteiger partial charge in [-0.25, -0.2) is 0 Å². The number of fused-ring (bicyclic) bond motifs is 1. The molecule has 0 radical (unpaired) electrons. The maximum Gasteiger partial charge on any atom is 0.284 e. The number of methoxy groups -OCH3 is 1. The Morgan fingerprint density at radius 3 is 2.56 bits per heavy atom. The quantitative estimate of drug-likeness (QED) is 0.367. The molecule has 0 bridgehead atoms. The number of nitrogens with zero attached hydrogens (tertiary/aromatic N) is 4. The predicted octanol–water partition coefficient (Wildman–Crippen LogP) is 3.17. The SMILES string of the molecule is C=CCn1c(=O)/c(=C2/Sc3ccc(OC)cc3N2CC)s/c1=C1/C(=O)N(c2ccccc2)C(=S)N1C. The number of carbonyl (C=O) groups is 1. The van der Waals surface area contributed by atoms with Crippen LogP contribution in [0.4, 0.5) is 11.4 Å². The standard InChI is InChI=1S/C26H24N4O3S3/c1-5-14-29-23(32)21(25-28(6-2)18-15-17(33-4)12-13-19(18)35-25)36-24(29)20-22(31)30(26(34)27(20)3)16-10-8-7-9-11-16/h5,7-13,15H,1,6,14H2,2-4H3/b24-20-,25-21-. The Morgan fingerprint density at radius 2 is 1.89 bits per heavy atom. The molecule has 0 aliphatic carbocycles. The maximum atomic E-state index is 13.8. The summed E-state index contributed by atoms with van der Waals surface area (Å²) in [6.45, 7) is 6.84. The summed E-state index contributed by atoms with van der Waals surface area (Å²) < 4.78 is 8.16. The average Bonchev–Trinajstić information content (AvgIpc) is 3.48. The fourth-order valence-corrected chi connectivity index (χ4v) is 7.15. The molecule has 3 aromatic rings. The summed E-state index contributed by atoms with van der Waals surface area (Å²) in [6.07, 6.45) is 1.67. The number of rotatable bonds is 5. The van der Waals surface area contributed by atoms with Crippen LogP contribution in [0.15, 0.2) is 70.9 Å². The van der Waals surface area contributed by atoms with Crippen LogP contribution in [0, 0.1) is 0 Å².